The number of nitrogens with zero attached hydrogens (tertiary/aromatic N) is 1. The van der Waals surface area contributed by atoms with E-state index in [2.05, 4.69) is 26.0 Å². The van der Waals surface area contributed by atoms with Gasteiger partial charge >= 0.3 is 0 Å². The van der Waals surface area contributed by atoms with Crippen LogP contribution in [0.1, 0.15) is 57.1 Å². The zero-order valence-corrected chi connectivity index (χ0v) is 11.5. The van der Waals surface area contributed by atoms with Crippen LogP contribution in [0.15, 0.2) is 18.2 Å². The minimum absolute atomic E-state index is 0.667. The van der Waals surface area contributed by atoms with Gasteiger partial charge in [-0.15, -0.1) is 0 Å². The maximum absolute atomic E-state index is 9.14. The Balaban J connectivity index is 2.73. The molecule has 0 spiro atoms. The first-order valence-corrected chi connectivity index (χ1v) is 6.98. The molecule has 1 rings (SSSR count). The van der Waals surface area contributed by atoms with Crippen molar-refractivity contribution in [3.05, 3.63) is 29.3 Å². The van der Waals surface area contributed by atoms with Crippen molar-refractivity contribution in [2.75, 3.05) is 6.61 Å². The van der Waals surface area contributed by atoms with Gasteiger partial charge in [0.25, 0.3) is 0 Å². The van der Waals surface area contributed by atoms with E-state index in [-0.39, 0.29) is 0 Å². The molecule has 0 saturated heterocycles. The zero-order valence-electron chi connectivity index (χ0n) is 11.5. The van der Waals surface area contributed by atoms with Gasteiger partial charge in [-0.25, -0.2) is 0 Å². The van der Waals surface area contributed by atoms with E-state index in [4.69, 9.17) is 10.00 Å². The predicted octanol–water partition coefficient (Wildman–Crippen LogP) is 4.47. The van der Waals surface area contributed by atoms with Crippen molar-refractivity contribution in [3.63, 3.8) is 0 Å². The summed E-state index contributed by atoms with van der Waals surface area (Å²) in [7, 11) is 0. The highest BCUT2D eigenvalue weighted by atomic mass is 16.5. The Hall–Kier alpha value is -1.49. The molecule has 0 amide bonds. The lowest BCUT2D eigenvalue weighted by Crippen LogP contribution is -2.02. The second kappa shape index (κ2) is 8.58. The number of hydrogen-bond donors (Lipinski definition) is 0. The maximum Gasteiger partial charge on any atom is 0.140 e. The van der Waals surface area contributed by atoms with Crippen LogP contribution in [0.2, 0.25) is 0 Å². The topological polar surface area (TPSA) is 33.0 Å². The van der Waals surface area contributed by atoms with Crippen LogP contribution in [0.3, 0.4) is 0 Å². The summed E-state index contributed by atoms with van der Waals surface area (Å²) in [5.41, 5.74) is 1.84. The highest BCUT2D eigenvalue weighted by Gasteiger charge is 2.09. The molecule has 0 unspecified atom stereocenters. The second-order valence-corrected chi connectivity index (χ2v) is 4.56. The molecule has 18 heavy (non-hydrogen) atoms. The standard InChI is InChI=1S/C16H23NO/c1-3-5-7-12-18-16-14(9-6-4-2)10-8-11-15(16)13-17/h8,10-11H,3-7,9,12H2,1-2H3. The molecule has 0 aliphatic heterocycles. The number of nitriles is 1. The van der Waals surface area contributed by atoms with Gasteiger partial charge in [0.05, 0.1) is 12.2 Å². The normalized spacial score (nSPS) is 10.1. The van der Waals surface area contributed by atoms with E-state index in [0.29, 0.717) is 12.2 Å². The van der Waals surface area contributed by atoms with Crippen molar-refractivity contribution in [1.29, 1.82) is 5.26 Å². The average Bonchev–Trinajstić information content (AvgIpc) is 2.41. The first-order valence-electron chi connectivity index (χ1n) is 6.98. The molecule has 0 bridgehead atoms. The number of unbranched alkanes of at least 4 members (excludes halogenated alkanes) is 3. The summed E-state index contributed by atoms with van der Waals surface area (Å²) in [5, 5.41) is 9.14. The summed E-state index contributed by atoms with van der Waals surface area (Å²) in [6.07, 6.45) is 6.72. The van der Waals surface area contributed by atoms with Gasteiger partial charge in [0.2, 0.25) is 0 Å². The van der Waals surface area contributed by atoms with E-state index >= 15 is 0 Å². The van der Waals surface area contributed by atoms with Gasteiger partial charge in [-0.2, -0.15) is 5.26 Å². The van der Waals surface area contributed by atoms with Gasteiger partial charge in [0.15, 0.2) is 0 Å². The van der Waals surface area contributed by atoms with E-state index in [1.807, 2.05) is 12.1 Å². The molecule has 0 aromatic heterocycles. The van der Waals surface area contributed by atoms with Crippen LogP contribution in [0.4, 0.5) is 0 Å². The third kappa shape index (κ3) is 4.41. The Morgan fingerprint density at radius 2 is 1.89 bits per heavy atom. The van der Waals surface area contributed by atoms with Crippen molar-refractivity contribution in [2.24, 2.45) is 0 Å². The van der Waals surface area contributed by atoms with E-state index in [1.165, 1.54) is 18.4 Å². The molecule has 98 valence electrons. The fourth-order valence-electron chi connectivity index (χ4n) is 1.93. The number of hydrogen-bond acceptors (Lipinski definition) is 2. The minimum Gasteiger partial charge on any atom is -0.492 e. The largest absolute Gasteiger partial charge is 0.492 e. The quantitative estimate of drug-likeness (QED) is 0.633. The maximum atomic E-state index is 9.14. The highest BCUT2D eigenvalue weighted by molar-refractivity contribution is 5.48. The molecule has 0 heterocycles. The van der Waals surface area contributed by atoms with E-state index in [1.54, 1.807) is 0 Å². The number of ether oxygens (including phenoxy) is 1. The van der Waals surface area contributed by atoms with Crippen LogP contribution in [0, 0.1) is 11.3 Å². The van der Waals surface area contributed by atoms with Crippen molar-refractivity contribution >= 4 is 0 Å². The van der Waals surface area contributed by atoms with Crippen molar-refractivity contribution in [3.8, 4) is 11.8 Å². The van der Waals surface area contributed by atoms with Gasteiger partial charge in [-0.05, 0) is 30.9 Å². The molecule has 0 N–H and O–H groups in total. The highest BCUT2D eigenvalue weighted by Crippen LogP contribution is 2.25. The summed E-state index contributed by atoms with van der Waals surface area (Å²) >= 11 is 0. The minimum atomic E-state index is 0.667. The lowest BCUT2D eigenvalue weighted by Gasteiger charge is -2.12. The van der Waals surface area contributed by atoms with E-state index in [0.717, 1.165) is 31.4 Å². The van der Waals surface area contributed by atoms with Crippen molar-refractivity contribution in [2.45, 2.75) is 52.4 Å². The molecule has 2 heteroatoms. The van der Waals surface area contributed by atoms with Crippen LogP contribution < -0.4 is 4.74 Å². The van der Waals surface area contributed by atoms with Crippen LogP contribution in [-0.4, -0.2) is 6.61 Å². The first kappa shape index (κ1) is 14.6. The smallest absolute Gasteiger partial charge is 0.140 e. The molecule has 0 aliphatic carbocycles. The molecule has 0 radical (unpaired) electrons. The molecule has 2 nitrogen and oxygen atoms in total. The average molecular weight is 245 g/mol. The summed E-state index contributed by atoms with van der Waals surface area (Å²) in [6, 6.07) is 8.09. The summed E-state index contributed by atoms with van der Waals surface area (Å²) in [5.74, 6) is 0.810. The third-order valence-corrected chi connectivity index (χ3v) is 3.01. The Kier molecular flexibility index (Phi) is 6.94. The molecule has 1 aromatic carbocycles. The number of benzene rings is 1. The fraction of sp³-hybridized carbons (Fsp3) is 0.562. The van der Waals surface area contributed by atoms with E-state index in [9.17, 15) is 0 Å². The lowest BCUT2D eigenvalue weighted by molar-refractivity contribution is 0.302. The fourth-order valence-corrected chi connectivity index (χ4v) is 1.93. The Labute approximate surface area is 111 Å². The molecular formula is C16H23NO. The monoisotopic (exact) mass is 245 g/mol. The third-order valence-electron chi connectivity index (χ3n) is 3.01. The van der Waals surface area contributed by atoms with Gasteiger partial charge in [0.1, 0.15) is 11.8 Å². The van der Waals surface area contributed by atoms with Gasteiger partial charge in [-0.3, -0.25) is 0 Å². The van der Waals surface area contributed by atoms with Gasteiger partial charge in [0, 0.05) is 0 Å². The molecule has 0 fully saturated rings. The Bertz CT molecular complexity index is 393. The molecule has 1 aromatic rings. The lowest BCUT2D eigenvalue weighted by atomic mass is 10.0. The van der Waals surface area contributed by atoms with Crippen LogP contribution in [0.5, 0.6) is 5.75 Å². The predicted molar refractivity (Wildman–Crippen MR) is 74.8 cm³/mol. The van der Waals surface area contributed by atoms with Crippen LogP contribution in [-0.2, 0) is 6.42 Å². The first-order chi connectivity index (χ1) is 8.83. The van der Waals surface area contributed by atoms with Crippen LogP contribution in [0.25, 0.3) is 0 Å². The van der Waals surface area contributed by atoms with Crippen molar-refractivity contribution in [1.82, 2.24) is 0 Å². The van der Waals surface area contributed by atoms with Gasteiger partial charge in [-0.1, -0.05) is 45.2 Å². The summed E-state index contributed by atoms with van der Waals surface area (Å²) in [4.78, 5) is 0. The molecule has 0 saturated carbocycles. The van der Waals surface area contributed by atoms with Gasteiger partial charge < -0.3 is 4.74 Å². The van der Waals surface area contributed by atoms with E-state index < -0.39 is 0 Å². The molecule has 0 aliphatic rings. The SMILES string of the molecule is CCCCCOc1c(C#N)cccc1CCCC. The number of rotatable bonds is 8. The molecule has 0 atom stereocenters. The summed E-state index contributed by atoms with van der Waals surface area (Å²) in [6.45, 7) is 5.07. The van der Waals surface area contributed by atoms with Crippen molar-refractivity contribution < 1.29 is 4.74 Å². The molecular weight excluding hydrogens is 222 g/mol. The Morgan fingerprint density at radius 3 is 2.56 bits per heavy atom. The Morgan fingerprint density at radius 1 is 1.11 bits per heavy atom. The zero-order chi connectivity index (χ0) is 13.2. The second-order valence-electron chi connectivity index (χ2n) is 4.56. The van der Waals surface area contributed by atoms with Crippen LogP contribution >= 0.6 is 0 Å². The summed E-state index contributed by atoms with van der Waals surface area (Å²) < 4.78 is 5.84. The number of para-hydroxylation sites is 1. The number of aryl methyl sites for hydroxylation is 1.